The number of carbonyl (C=O) groups excluding carboxylic acids is 1. The van der Waals surface area contributed by atoms with E-state index in [1.165, 1.54) is 0 Å². The number of hydrogen-bond acceptors (Lipinski definition) is 3. The van der Waals surface area contributed by atoms with E-state index in [0.29, 0.717) is 29.2 Å². The lowest BCUT2D eigenvalue weighted by Crippen LogP contribution is -2.35. The van der Waals surface area contributed by atoms with Gasteiger partial charge in [0.1, 0.15) is 0 Å². The minimum atomic E-state index is -3.76. The van der Waals surface area contributed by atoms with E-state index < -0.39 is 10.0 Å². The molecule has 0 saturated carbocycles. The van der Waals surface area contributed by atoms with Crippen molar-refractivity contribution in [3.63, 3.8) is 0 Å². The van der Waals surface area contributed by atoms with Crippen LogP contribution in [-0.4, -0.2) is 20.9 Å². The van der Waals surface area contributed by atoms with Crippen LogP contribution < -0.4 is 9.62 Å². The Balaban J connectivity index is 1.66. The van der Waals surface area contributed by atoms with Crippen molar-refractivity contribution >= 4 is 38.9 Å². The summed E-state index contributed by atoms with van der Waals surface area (Å²) in [7, 11) is -3.76. The lowest BCUT2D eigenvalue weighted by atomic mass is 10.0. The fourth-order valence-electron chi connectivity index (χ4n) is 3.90. The maximum atomic E-state index is 13.1. The second-order valence-electron chi connectivity index (χ2n) is 7.73. The van der Waals surface area contributed by atoms with Crippen LogP contribution >= 0.6 is 11.6 Å². The minimum Gasteiger partial charge on any atom is -0.308 e. The summed E-state index contributed by atoms with van der Waals surface area (Å²) in [5.74, 6) is -0.146. The van der Waals surface area contributed by atoms with E-state index in [4.69, 9.17) is 11.6 Å². The Morgan fingerprint density at radius 1 is 1.00 bits per heavy atom. The normalized spacial score (nSPS) is 13.6. The number of amides is 1. The number of anilines is 2. The number of fused-ring (bicyclic) bond motifs is 1. The lowest BCUT2D eigenvalue weighted by molar-refractivity contribution is 0.0985. The number of carbonyl (C=O) groups is 1. The monoisotopic (exact) mass is 454 g/mol. The molecule has 1 amide bonds. The fraction of sp³-hybridized carbons (Fsp3) is 0.208. The molecule has 0 unspecified atom stereocenters. The molecule has 4 rings (SSSR count). The van der Waals surface area contributed by atoms with Gasteiger partial charge < -0.3 is 4.90 Å². The molecular weight excluding hydrogens is 432 g/mol. The van der Waals surface area contributed by atoms with Gasteiger partial charge in [-0.2, -0.15) is 0 Å². The Hall–Kier alpha value is -2.83. The van der Waals surface area contributed by atoms with E-state index in [0.717, 1.165) is 28.8 Å². The Labute approximate surface area is 187 Å². The number of para-hydroxylation sites is 1. The summed E-state index contributed by atoms with van der Waals surface area (Å²) in [5.41, 5.74) is 4.40. The largest absolute Gasteiger partial charge is 0.308 e. The lowest BCUT2D eigenvalue weighted by Gasteiger charge is -2.30. The number of benzene rings is 3. The van der Waals surface area contributed by atoms with Gasteiger partial charge in [0.2, 0.25) is 0 Å². The maximum Gasteiger partial charge on any atom is 0.261 e. The first-order valence-corrected chi connectivity index (χ1v) is 11.9. The van der Waals surface area contributed by atoms with Crippen molar-refractivity contribution in [3.05, 3.63) is 87.9 Å². The Bertz CT molecular complexity index is 1250. The smallest absolute Gasteiger partial charge is 0.261 e. The van der Waals surface area contributed by atoms with Crippen LogP contribution in [0.3, 0.4) is 0 Å². The summed E-state index contributed by atoms with van der Waals surface area (Å²) in [6.45, 7) is 4.32. The molecular formula is C24H23ClN2O3S. The Kier molecular flexibility index (Phi) is 5.77. The first-order valence-electron chi connectivity index (χ1n) is 10.1. The summed E-state index contributed by atoms with van der Waals surface area (Å²) in [4.78, 5) is 14.9. The summed E-state index contributed by atoms with van der Waals surface area (Å²) in [6, 6.07) is 17.4. The average Bonchev–Trinajstić information content (AvgIpc) is 2.75. The van der Waals surface area contributed by atoms with Gasteiger partial charge in [0, 0.05) is 22.8 Å². The van der Waals surface area contributed by atoms with Gasteiger partial charge >= 0.3 is 0 Å². The summed E-state index contributed by atoms with van der Waals surface area (Å²) >= 11 is 6.04. The molecule has 5 nitrogen and oxygen atoms in total. The van der Waals surface area contributed by atoms with E-state index in [1.54, 1.807) is 47.4 Å². The number of aryl methyl sites for hydroxylation is 3. The zero-order valence-electron chi connectivity index (χ0n) is 17.4. The van der Waals surface area contributed by atoms with Crippen molar-refractivity contribution in [3.8, 4) is 0 Å². The van der Waals surface area contributed by atoms with Crippen LogP contribution in [-0.2, 0) is 16.4 Å². The first-order chi connectivity index (χ1) is 14.8. The summed E-state index contributed by atoms with van der Waals surface area (Å²) in [5, 5.41) is 0.502. The molecule has 160 valence electrons. The second-order valence-corrected chi connectivity index (χ2v) is 9.85. The predicted octanol–water partition coefficient (Wildman–Crippen LogP) is 5.35. The topological polar surface area (TPSA) is 66.5 Å². The van der Waals surface area contributed by atoms with Crippen molar-refractivity contribution < 1.29 is 13.2 Å². The van der Waals surface area contributed by atoms with Crippen LogP contribution in [0.5, 0.6) is 0 Å². The number of nitrogens with zero attached hydrogens (tertiary/aromatic N) is 1. The third-order valence-corrected chi connectivity index (χ3v) is 7.10. The molecule has 0 saturated heterocycles. The molecule has 1 aliphatic heterocycles. The van der Waals surface area contributed by atoms with E-state index in [1.807, 2.05) is 32.0 Å². The van der Waals surface area contributed by atoms with Gasteiger partial charge in [-0.05, 0) is 79.8 Å². The molecule has 7 heteroatoms. The van der Waals surface area contributed by atoms with E-state index >= 15 is 0 Å². The quantitative estimate of drug-likeness (QED) is 0.577. The molecule has 0 aromatic heterocycles. The van der Waals surface area contributed by atoms with Crippen molar-refractivity contribution in [2.24, 2.45) is 0 Å². The fourth-order valence-corrected chi connectivity index (χ4v) is 5.34. The van der Waals surface area contributed by atoms with Gasteiger partial charge in [0.15, 0.2) is 0 Å². The molecule has 0 bridgehead atoms. The number of nitrogens with one attached hydrogen (secondary N) is 1. The highest BCUT2D eigenvalue weighted by molar-refractivity contribution is 7.92. The standard InChI is InChI=1S/C24H23ClN2O3S/c1-16-6-3-7-17(2)23(16)26-31(29,30)21-11-12-22-18(15-21)9-5-13-27(22)24(28)19-8-4-10-20(25)14-19/h3-4,6-8,10-12,14-15,26H,5,9,13H2,1-2H3. The maximum absolute atomic E-state index is 13.1. The SMILES string of the molecule is Cc1cccc(C)c1NS(=O)(=O)c1ccc2c(c1)CCCN2C(=O)c1cccc(Cl)c1. The van der Waals surface area contributed by atoms with Crippen LogP contribution in [0, 0.1) is 13.8 Å². The van der Waals surface area contributed by atoms with Gasteiger partial charge in [-0.25, -0.2) is 8.42 Å². The van der Waals surface area contributed by atoms with Crippen molar-refractivity contribution in [1.82, 2.24) is 0 Å². The number of halogens is 1. The van der Waals surface area contributed by atoms with Gasteiger partial charge in [-0.1, -0.05) is 35.9 Å². The third kappa shape index (κ3) is 4.31. The zero-order chi connectivity index (χ0) is 22.2. The van der Waals surface area contributed by atoms with Crippen LogP contribution in [0.15, 0.2) is 65.6 Å². The summed E-state index contributed by atoms with van der Waals surface area (Å²) < 4.78 is 28.8. The number of rotatable bonds is 4. The van der Waals surface area contributed by atoms with Crippen LogP contribution in [0.4, 0.5) is 11.4 Å². The van der Waals surface area contributed by atoms with E-state index in [2.05, 4.69) is 4.72 Å². The third-order valence-electron chi connectivity index (χ3n) is 5.51. The molecule has 1 N–H and O–H groups in total. The van der Waals surface area contributed by atoms with Crippen molar-refractivity contribution in [2.45, 2.75) is 31.6 Å². The zero-order valence-corrected chi connectivity index (χ0v) is 18.9. The minimum absolute atomic E-state index is 0.146. The van der Waals surface area contributed by atoms with Crippen molar-refractivity contribution in [2.75, 3.05) is 16.2 Å². The van der Waals surface area contributed by atoms with Crippen LogP contribution in [0.25, 0.3) is 0 Å². The Morgan fingerprint density at radius 3 is 2.42 bits per heavy atom. The van der Waals surface area contributed by atoms with Gasteiger partial charge in [0.25, 0.3) is 15.9 Å². The van der Waals surface area contributed by atoms with E-state index in [9.17, 15) is 13.2 Å². The van der Waals surface area contributed by atoms with Crippen LogP contribution in [0.1, 0.15) is 33.5 Å². The van der Waals surface area contributed by atoms with Crippen molar-refractivity contribution in [1.29, 1.82) is 0 Å². The molecule has 0 aliphatic carbocycles. The van der Waals surface area contributed by atoms with Crippen LogP contribution in [0.2, 0.25) is 5.02 Å². The average molecular weight is 455 g/mol. The Morgan fingerprint density at radius 2 is 1.71 bits per heavy atom. The van der Waals surface area contributed by atoms with E-state index in [-0.39, 0.29) is 10.8 Å². The second kappa shape index (κ2) is 8.36. The molecule has 0 atom stereocenters. The molecule has 31 heavy (non-hydrogen) atoms. The molecule has 0 spiro atoms. The molecule has 3 aromatic carbocycles. The van der Waals surface area contributed by atoms with Gasteiger partial charge in [-0.15, -0.1) is 0 Å². The highest BCUT2D eigenvalue weighted by Crippen LogP contribution is 2.32. The van der Waals surface area contributed by atoms with Gasteiger partial charge in [0.05, 0.1) is 10.6 Å². The number of sulfonamides is 1. The molecule has 3 aromatic rings. The molecule has 1 aliphatic rings. The summed E-state index contributed by atoms with van der Waals surface area (Å²) in [6.07, 6.45) is 1.47. The number of hydrogen-bond donors (Lipinski definition) is 1. The first kappa shape index (κ1) is 21.4. The van der Waals surface area contributed by atoms with Gasteiger partial charge in [-0.3, -0.25) is 9.52 Å². The molecule has 1 heterocycles. The predicted molar refractivity (Wildman–Crippen MR) is 125 cm³/mol. The molecule has 0 fully saturated rings. The highest BCUT2D eigenvalue weighted by Gasteiger charge is 2.26. The highest BCUT2D eigenvalue weighted by atomic mass is 35.5. The molecule has 0 radical (unpaired) electrons.